The maximum absolute atomic E-state index is 12.5. The average Bonchev–Trinajstić information content (AvgIpc) is 2.55. The Bertz CT molecular complexity index is 733. The molecule has 2 N–H and O–H groups in total. The van der Waals surface area contributed by atoms with Gasteiger partial charge in [0.2, 0.25) is 0 Å². The van der Waals surface area contributed by atoms with Crippen molar-refractivity contribution in [3.8, 4) is 0 Å². The number of aromatic amines is 1. The first-order valence-corrected chi connectivity index (χ1v) is 7.43. The lowest BCUT2D eigenvalue weighted by Gasteiger charge is -2.34. The van der Waals surface area contributed by atoms with Gasteiger partial charge in [-0.3, -0.25) is 14.5 Å². The van der Waals surface area contributed by atoms with E-state index in [1.807, 2.05) is 12.1 Å². The Balaban J connectivity index is 1.80. The Morgan fingerprint density at radius 3 is 2.64 bits per heavy atom. The summed E-state index contributed by atoms with van der Waals surface area (Å²) in [5.74, 6) is -0.147. The Hall–Kier alpha value is -2.18. The summed E-state index contributed by atoms with van der Waals surface area (Å²) in [7, 11) is 0. The number of piperazine rings is 1. The van der Waals surface area contributed by atoms with Gasteiger partial charge < -0.3 is 15.0 Å². The molecular formula is C16H19N3O3. The number of aliphatic hydroxyl groups is 1. The van der Waals surface area contributed by atoms with Crippen molar-refractivity contribution in [3.63, 3.8) is 0 Å². The number of hydrogen-bond donors (Lipinski definition) is 2. The van der Waals surface area contributed by atoms with Gasteiger partial charge >= 0.3 is 0 Å². The molecule has 1 aliphatic rings. The molecular weight excluding hydrogens is 282 g/mol. The van der Waals surface area contributed by atoms with E-state index in [0.717, 1.165) is 18.5 Å². The number of H-pyrrole nitrogens is 1. The molecule has 0 radical (unpaired) electrons. The molecule has 2 heterocycles. The van der Waals surface area contributed by atoms with E-state index in [1.54, 1.807) is 23.1 Å². The van der Waals surface area contributed by atoms with E-state index in [-0.39, 0.29) is 18.1 Å². The molecule has 0 bridgehead atoms. The van der Waals surface area contributed by atoms with Crippen molar-refractivity contribution in [3.05, 3.63) is 46.4 Å². The summed E-state index contributed by atoms with van der Waals surface area (Å²) in [6.07, 6.45) is 0. The molecule has 22 heavy (non-hydrogen) atoms. The van der Waals surface area contributed by atoms with E-state index in [9.17, 15) is 9.59 Å². The fourth-order valence-electron chi connectivity index (χ4n) is 2.81. The van der Waals surface area contributed by atoms with E-state index >= 15 is 0 Å². The van der Waals surface area contributed by atoms with Gasteiger partial charge in [0.15, 0.2) is 0 Å². The van der Waals surface area contributed by atoms with Gasteiger partial charge in [-0.05, 0) is 17.5 Å². The van der Waals surface area contributed by atoms with Crippen LogP contribution in [0, 0.1) is 0 Å². The quantitative estimate of drug-likeness (QED) is 0.853. The topological polar surface area (TPSA) is 76.6 Å². The first-order valence-electron chi connectivity index (χ1n) is 7.43. The van der Waals surface area contributed by atoms with Gasteiger partial charge in [-0.1, -0.05) is 18.2 Å². The van der Waals surface area contributed by atoms with Gasteiger partial charge in [-0.2, -0.15) is 0 Å². The molecule has 1 amide bonds. The molecule has 0 spiro atoms. The molecule has 0 aliphatic carbocycles. The second-order valence-corrected chi connectivity index (χ2v) is 5.46. The second kappa shape index (κ2) is 6.29. The maximum Gasteiger partial charge on any atom is 0.270 e. The van der Waals surface area contributed by atoms with Crippen LogP contribution in [-0.4, -0.2) is 65.1 Å². The van der Waals surface area contributed by atoms with Crippen LogP contribution in [-0.2, 0) is 0 Å². The highest BCUT2D eigenvalue weighted by molar-refractivity contribution is 5.96. The Labute approximate surface area is 128 Å². The zero-order chi connectivity index (χ0) is 15.5. The minimum absolute atomic E-state index is 0.131. The van der Waals surface area contributed by atoms with Crippen LogP contribution in [0.15, 0.2) is 35.1 Å². The highest BCUT2D eigenvalue weighted by Crippen LogP contribution is 2.12. The van der Waals surface area contributed by atoms with Crippen LogP contribution in [0.4, 0.5) is 0 Å². The van der Waals surface area contributed by atoms with E-state index in [2.05, 4.69) is 9.88 Å². The molecule has 2 aromatic rings. The molecule has 6 nitrogen and oxygen atoms in total. The SMILES string of the molecule is O=C(c1cc2ccccc2c(=O)[nH]1)N1CCN(CCO)CC1. The van der Waals surface area contributed by atoms with Crippen molar-refractivity contribution in [2.75, 3.05) is 39.3 Å². The summed E-state index contributed by atoms with van der Waals surface area (Å²) in [6, 6.07) is 8.97. The first kappa shape index (κ1) is 14.7. The first-order chi connectivity index (χ1) is 10.7. The smallest absolute Gasteiger partial charge is 0.270 e. The molecule has 1 fully saturated rings. The lowest BCUT2D eigenvalue weighted by molar-refractivity contribution is 0.0609. The van der Waals surface area contributed by atoms with Gasteiger partial charge in [0.25, 0.3) is 11.5 Å². The number of β-amino-alcohol motifs (C(OH)–C–C–N with tert-alkyl or cyclic N) is 1. The van der Waals surface area contributed by atoms with Crippen LogP contribution < -0.4 is 5.56 Å². The van der Waals surface area contributed by atoms with Crippen LogP contribution >= 0.6 is 0 Å². The summed E-state index contributed by atoms with van der Waals surface area (Å²) in [5.41, 5.74) is 0.0969. The zero-order valence-electron chi connectivity index (χ0n) is 12.3. The molecule has 1 saturated heterocycles. The normalized spacial score (nSPS) is 16.1. The number of benzene rings is 1. The van der Waals surface area contributed by atoms with Crippen LogP contribution in [0.1, 0.15) is 10.5 Å². The summed E-state index contributed by atoms with van der Waals surface area (Å²) in [5, 5.41) is 10.3. The molecule has 1 aromatic carbocycles. The summed E-state index contributed by atoms with van der Waals surface area (Å²) in [4.78, 5) is 31.2. The number of amides is 1. The standard InChI is InChI=1S/C16H19N3O3/c20-10-9-18-5-7-19(8-6-18)16(22)14-11-12-3-1-2-4-13(12)15(21)17-14/h1-4,11,20H,5-10H2,(H,17,21). The third-order valence-electron chi connectivity index (χ3n) is 4.06. The predicted molar refractivity (Wildman–Crippen MR) is 84.0 cm³/mol. The third kappa shape index (κ3) is 2.88. The number of rotatable bonds is 3. The van der Waals surface area contributed by atoms with Crippen molar-refractivity contribution >= 4 is 16.7 Å². The van der Waals surface area contributed by atoms with Gasteiger partial charge in [0, 0.05) is 38.1 Å². The van der Waals surface area contributed by atoms with Crippen LogP contribution in [0.3, 0.4) is 0 Å². The van der Waals surface area contributed by atoms with Gasteiger partial charge in [-0.25, -0.2) is 0 Å². The summed E-state index contributed by atoms with van der Waals surface area (Å²) >= 11 is 0. The number of hydrogen-bond acceptors (Lipinski definition) is 4. The molecule has 1 aliphatic heterocycles. The van der Waals surface area contributed by atoms with Crippen LogP contribution in [0.2, 0.25) is 0 Å². The number of aliphatic hydroxyl groups excluding tert-OH is 1. The fraction of sp³-hybridized carbons (Fsp3) is 0.375. The number of nitrogens with one attached hydrogen (secondary N) is 1. The monoisotopic (exact) mass is 301 g/mol. The Morgan fingerprint density at radius 1 is 1.18 bits per heavy atom. The number of aromatic nitrogens is 1. The second-order valence-electron chi connectivity index (χ2n) is 5.46. The van der Waals surface area contributed by atoms with Crippen molar-refractivity contribution < 1.29 is 9.90 Å². The number of nitrogens with zero attached hydrogens (tertiary/aromatic N) is 2. The lowest BCUT2D eigenvalue weighted by Crippen LogP contribution is -2.49. The molecule has 0 saturated carbocycles. The minimum atomic E-state index is -0.236. The lowest BCUT2D eigenvalue weighted by atomic mass is 10.1. The van der Waals surface area contributed by atoms with Crippen molar-refractivity contribution in [2.45, 2.75) is 0 Å². The van der Waals surface area contributed by atoms with E-state index in [0.29, 0.717) is 30.7 Å². The molecule has 6 heteroatoms. The fourth-order valence-corrected chi connectivity index (χ4v) is 2.81. The molecule has 1 aromatic heterocycles. The molecule has 0 unspecified atom stereocenters. The minimum Gasteiger partial charge on any atom is -0.395 e. The molecule has 3 rings (SSSR count). The molecule has 116 valence electrons. The third-order valence-corrected chi connectivity index (χ3v) is 4.06. The zero-order valence-corrected chi connectivity index (χ0v) is 12.3. The highest BCUT2D eigenvalue weighted by atomic mass is 16.3. The summed E-state index contributed by atoms with van der Waals surface area (Å²) < 4.78 is 0. The van der Waals surface area contributed by atoms with E-state index in [1.165, 1.54) is 0 Å². The van der Waals surface area contributed by atoms with Crippen LogP contribution in [0.25, 0.3) is 10.8 Å². The van der Waals surface area contributed by atoms with Crippen molar-refractivity contribution in [1.82, 2.24) is 14.8 Å². The maximum atomic E-state index is 12.5. The number of carbonyl (C=O) groups excluding carboxylic acids is 1. The van der Waals surface area contributed by atoms with Gasteiger partial charge in [0.1, 0.15) is 5.69 Å². The predicted octanol–water partition coefficient (Wildman–Crippen LogP) is 0.278. The highest BCUT2D eigenvalue weighted by Gasteiger charge is 2.22. The van der Waals surface area contributed by atoms with Crippen LogP contribution in [0.5, 0.6) is 0 Å². The van der Waals surface area contributed by atoms with E-state index in [4.69, 9.17) is 5.11 Å². The van der Waals surface area contributed by atoms with Gasteiger partial charge in [0.05, 0.1) is 6.61 Å². The average molecular weight is 301 g/mol. The largest absolute Gasteiger partial charge is 0.395 e. The van der Waals surface area contributed by atoms with Crippen molar-refractivity contribution in [2.24, 2.45) is 0 Å². The number of carbonyl (C=O) groups is 1. The summed E-state index contributed by atoms with van der Waals surface area (Å²) in [6.45, 7) is 3.45. The Morgan fingerprint density at radius 2 is 1.91 bits per heavy atom. The van der Waals surface area contributed by atoms with Crippen molar-refractivity contribution in [1.29, 1.82) is 0 Å². The molecule has 0 atom stereocenters. The number of fused-ring (bicyclic) bond motifs is 1. The van der Waals surface area contributed by atoms with Gasteiger partial charge in [-0.15, -0.1) is 0 Å². The Kier molecular flexibility index (Phi) is 4.22. The van der Waals surface area contributed by atoms with E-state index < -0.39 is 0 Å². The number of pyridine rings is 1.